The Kier molecular flexibility index (Phi) is 4.45. The Morgan fingerprint density at radius 3 is 2.87 bits per heavy atom. The van der Waals surface area contributed by atoms with Crippen LogP contribution in [0.2, 0.25) is 0 Å². The van der Waals surface area contributed by atoms with Crippen molar-refractivity contribution in [1.82, 2.24) is 10.2 Å². The molecule has 1 saturated heterocycles. The van der Waals surface area contributed by atoms with Crippen LogP contribution in [0.3, 0.4) is 0 Å². The molecule has 15 heavy (non-hydrogen) atoms. The lowest BCUT2D eigenvalue weighted by molar-refractivity contribution is 0.240. The predicted molar refractivity (Wildman–Crippen MR) is 65.1 cm³/mol. The van der Waals surface area contributed by atoms with Crippen molar-refractivity contribution in [2.45, 2.75) is 64.0 Å². The van der Waals surface area contributed by atoms with Crippen LogP contribution in [0.1, 0.15) is 51.9 Å². The lowest BCUT2D eigenvalue weighted by Crippen LogP contribution is -2.31. The molecule has 1 aliphatic carbocycles. The first kappa shape index (κ1) is 11.4. The summed E-state index contributed by atoms with van der Waals surface area (Å²) in [6.07, 6.45) is 9.83. The van der Waals surface area contributed by atoms with Crippen LogP contribution < -0.4 is 5.32 Å². The normalized spacial score (nSPS) is 27.4. The highest BCUT2D eigenvalue weighted by Crippen LogP contribution is 2.22. The van der Waals surface area contributed by atoms with Crippen LogP contribution in [-0.2, 0) is 0 Å². The standard InChI is InChI=1S/C13H26N2/c1-2-10-15-11-4-6-13(15)5-3-9-14-12-7-8-12/h12-14H,2-11H2,1H3/t13-/m1/s1. The molecule has 88 valence electrons. The summed E-state index contributed by atoms with van der Waals surface area (Å²) in [5.41, 5.74) is 0. The van der Waals surface area contributed by atoms with E-state index in [-0.39, 0.29) is 0 Å². The van der Waals surface area contributed by atoms with Crippen LogP contribution in [0.25, 0.3) is 0 Å². The summed E-state index contributed by atoms with van der Waals surface area (Å²) in [6.45, 7) is 6.22. The molecule has 2 heteroatoms. The molecule has 0 radical (unpaired) electrons. The van der Waals surface area contributed by atoms with E-state index < -0.39 is 0 Å². The fraction of sp³-hybridized carbons (Fsp3) is 1.00. The van der Waals surface area contributed by atoms with Gasteiger partial charge in [-0.2, -0.15) is 0 Å². The molecule has 0 bridgehead atoms. The number of likely N-dealkylation sites (tertiary alicyclic amines) is 1. The monoisotopic (exact) mass is 210 g/mol. The molecule has 2 nitrogen and oxygen atoms in total. The second-order valence-electron chi connectivity index (χ2n) is 5.20. The summed E-state index contributed by atoms with van der Waals surface area (Å²) < 4.78 is 0. The fourth-order valence-corrected chi connectivity index (χ4v) is 2.73. The van der Waals surface area contributed by atoms with Gasteiger partial charge in [0.15, 0.2) is 0 Å². The number of nitrogens with zero attached hydrogens (tertiary/aromatic N) is 1. The van der Waals surface area contributed by atoms with Gasteiger partial charge in [-0.1, -0.05) is 6.92 Å². The van der Waals surface area contributed by atoms with E-state index in [4.69, 9.17) is 0 Å². The van der Waals surface area contributed by atoms with E-state index in [0.717, 1.165) is 12.1 Å². The topological polar surface area (TPSA) is 15.3 Å². The number of nitrogens with one attached hydrogen (secondary N) is 1. The van der Waals surface area contributed by atoms with Crippen molar-refractivity contribution in [3.8, 4) is 0 Å². The first-order valence-electron chi connectivity index (χ1n) is 6.87. The molecule has 1 heterocycles. The Morgan fingerprint density at radius 1 is 1.27 bits per heavy atom. The molecular formula is C13H26N2. The molecule has 0 unspecified atom stereocenters. The molecule has 0 spiro atoms. The van der Waals surface area contributed by atoms with Crippen molar-refractivity contribution < 1.29 is 0 Å². The SMILES string of the molecule is CCCN1CCC[C@H]1CCCNC1CC1. The number of hydrogen-bond donors (Lipinski definition) is 1. The first-order valence-corrected chi connectivity index (χ1v) is 6.87. The Bertz CT molecular complexity index is 177. The average molecular weight is 210 g/mol. The minimum Gasteiger partial charge on any atom is -0.314 e. The van der Waals surface area contributed by atoms with Gasteiger partial charge < -0.3 is 10.2 Å². The lowest BCUT2D eigenvalue weighted by Gasteiger charge is -2.23. The average Bonchev–Trinajstić information content (AvgIpc) is 2.96. The minimum absolute atomic E-state index is 0.889. The van der Waals surface area contributed by atoms with Crippen LogP contribution in [0, 0.1) is 0 Å². The smallest absolute Gasteiger partial charge is 0.00962 e. The Balaban J connectivity index is 1.55. The van der Waals surface area contributed by atoms with Gasteiger partial charge in [0.2, 0.25) is 0 Å². The zero-order chi connectivity index (χ0) is 10.5. The molecule has 0 aromatic carbocycles. The van der Waals surface area contributed by atoms with Gasteiger partial charge in [-0.15, -0.1) is 0 Å². The summed E-state index contributed by atoms with van der Waals surface area (Å²) in [6, 6.07) is 1.80. The van der Waals surface area contributed by atoms with Crippen molar-refractivity contribution in [2.75, 3.05) is 19.6 Å². The highest BCUT2D eigenvalue weighted by Gasteiger charge is 2.23. The second kappa shape index (κ2) is 5.86. The van der Waals surface area contributed by atoms with Crippen LogP contribution in [0.5, 0.6) is 0 Å². The summed E-state index contributed by atoms with van der Waals surface area (Å²) in [5.74, 6) is 0. The maximum absolute atomic E-state index is 3.61. The quantitative estimate of drug-likeness (QED) is 0.649. The van der Waals surface area contributed by atoms with E-state index in [9.17, 15) is 0 Å². The number of rotatable bonds is 7. The van der Waals surface area contributed by atoms with Crippen molar-refractivity contribution >= 4 is 0 Å². The predicted octanol–water partition coefficient (Wildman–Crippen LogP) is 2.39. The van der Waals surface area contributed by atoms with E-state index in [2.05, 4.69) is 17.1 Å². The van der Waals surface area contributed by atoms with Crippen molar-refractivity contribution in [3.05, 3.63) is 0 Å². The molecular weight excluding hydrogens is 184 g/mol. The summed E-state index contributed by atoms with van der Waals surface area (Å²) >= 11 is 0. The van der Waals surface area contributed by atoms with E-state index in [1.54, 1.807) is 0 Å². The molecule has 1 aliphatic heterocycles. The van der Waals surface area contributed by atoms with Crippen LogP contribution >= 0.6 is 0 Å². The van der Waals surface area contributed by atoms with Gasteiger partial charge >= 0.3 is 0 Å². The van der Waals surface area contributed by atoms with Gasteiger partial charge in [-0.05, 0) is 64.6 Å². The largest absolute Gasteiger partial charge is 0.314 e. The first-order chi connectivity index (χ1) is 7.40. The van der Waals surface area contributed by atoms with Crippen molar-refractivity contribution in [1.29, 1.82) is 0 Å². The molecule has 2 aliphatic rings. The maximum Gasteiger partial charge on any atom is 0.00962 e. The van der Waals surface area contributed by atoms with Gasteiger partial charge in [-0.3, -0.25) is 0 Å². The Morgan fingerprint density at radius 2 is 2.13 bits per heavy atom. The van der Waals surface area contributed by atoms with E-state index in [1.807, 2.05) is 0 Å². The van der Waals surface area contributed by atoms with E-state index in [0.29, 0.717) is 0 Å². The second-order valence-corrected chi connectivity index (χ2v) is 5.20. The van der Waals surface area contributed by atoms with Crippen LogP contribution in [0.15, 0.2) is 0 Å². The van der Waals surface area contributed by atoms with Crippen molar-refractivity contribution in [2.24, 2.45) is 0 Å². The number of hydrogen-bond acceptors (Lipinski definition) is 2. The lowest BCUT2D eigenvalue weighted by atomic mass is 10.1. The zero-order valence-electron chi connectivity index (χ0n) is 10.2. The molecule has 1 N–H and O–H groups in total. The third kappa shape index (κ3) is 3.76. The van der Waals surface area contributed by atoms with E-state index in [1.165, 1.54) is 64.6 Å². The minimum atomic E-state index is 0.889. The third-order valence-electron chi connectivity index (χ3n) is 3.73. The van der Waals surface area contributed by atoms with Crippen LogP contribution in [-0.4, -0.2) is 36.6 Å². The fourth-order valence-electron chi connectivity index (χ4n) is 2.73. The molecule has 1 atom stereocenters. The highest BCUT2D eigenvalue weighted by atomic mass is 15.2. The third-order valence-corrected chi connectivity index (χ3v) is 3.73. The van der Waals surface area contributed by atoms with Gasteiger partial charge in [0.1, 0.15) is 0 Å². The highest BCUT2D eigenvalue weighted by molar-refractivity contribution is 4.82. The van der Waals surface area contributed by atoms with Gasteiger partial charge in [-0.25, -0.2) is 0 Å². The molecule has 2 fully saturated rings. The summed E-state index contributed by atoms with van der Waals surface area (Å²) in [7, 11) is 0. The molecule has 0 aromatic rings. The van der Waals surface area contributed by atoms with Gasteiger partial charge in [0.05, 0.1) is 0 Å². The zero-order valence-corrected chi connectivity index (χ0v) is 10.2. The summed E-state index contributed by atoms with van der Waals surface area (Å²) in [5, 5.41) is 3.61. The Hall–Kier alpha value is -0.0800. The van der Waals surface area contributed by atoms with Gasteiger partial charge in [0.25, 0.3) is 0 Å². The van der Waals surface area contributed by atoms with Crippen LogP contribution in [0.4, 0.5) is 0 Å². The molecule has 2 rings (SSSR count). The Labute approximate surface area is 94.4 Å². The van der Waals surface area contributed by atoms with E-state index >= 15 is 0 Å². The maximum atomic E-state index is 3.61. The van der Waals surface area contributed by atoms with Gasteiger partial charge in [0, 0.05) is 12.1 Å². The van der Waals surface area contributed by atoms with Crippen molar-refractivity contribution in [3.63, 3.8) is 0 Å². The molecule has 0 aromatic heterocycles. The summed E-state index contributed by atoms with van der Waals surface area (Å²) in [4.78, 5) is 2.71. The molecule has 0 amide bonds. The molecule has 1 saturated carbocycles.